The average molecular weight is 252 g/mol. The van der Waals surface area contributed by atoms with Gasteiger partial charge in [0.15, 0.2) is 0 Å². The highest BCUT2D eigenvalue weighted by atomic mass is 15.2. The summed E-state index contributed by atoms with van der Waals surface area (Å²) < 4.78 is 0. The van der Waals surface area contributed by atoms with Gasteiger partial charge in [0.05, 0.1) is 17.4 Å². The molecule has 1 aromatic heterocycles. The molecule has 96 valence electrons. The summed E-state index contributed by atoms with van der Waals surface area (Å²) in [6, 6.07) is 12.1. The second kappa shape index (κ2) is 5.40. The Balaban J connectivity index is 2.23. The molecule has 2 aromatic rings. The standard InChI is InChI=1S/C15H16N4/c1-11-3-5-12(6-4-11)10-19(2)15-13(8-16)7-14(17)9-18-15/h3-7,9H,10,17H2,1-2H3. The van der Waals surface area contributed by atoms with E-state index in [4.69, 9.17) is 11.0 Å². The van der Waals surface area contributed by atoms with Crippen LogP contribution in [0.5, 0.6) is 0 Å². The van der Waals surface area contributed by atoms with Gasteiger partial charge in [0.1, 0.15) is 11.9 Å². The summed E-state index contributed by atoms with van der Waals surface area (Å²) in [5.74, 6) is 0.650. The third kappa shape index (κ3) is 3.02. The van der Waals surface area contributed by atoms with E-state index in [1.807, 2.05) is 11.9 Å². The van der Waals surface area contributed by atoms with Gasteiger partial charge in [-0.1, -0.05) is 29.8 Å². The van der Waals surface area contributed by atoms with Crippen LogP contribution in [0.15, 0.2) is 36.5 Å². The van der Waals surface area contributed by atoms with Crippen molar-refractivity contribution in [2.24, 2.45) is 0 Å². The molecule has 0 aliphatic heterocycles. The van der Waals surface area contributed by atoms with Crippen molar-refractivity contribution >= 4 is 11.5 Å². The van der Waals surface area contributed by atoms with Crippen molar-refractivity contribution in [2.75, 3.05) is 17.7 Å². The fraction of sp³-hybridized carbons (Fsp3) is 0.200. The summed E-state index contributed by atoms with van der Waals surface area (Å²) in [5, 5.41) is 9.12. The summed E-state index contributed by atoms with van der Waals surface area (Å²) >= 11 is 0. The van der Waals surface area contributed by atoms with Gasteiger partial charge in [-0.05, 0) is 18.6 Å². The largest absolute Gasteiger partial charge is 0.397 e. The molecule has 4 nitrogen and oxygen atoms in total. The van der Waals surface area contributed by atoms with Gasteiger partial charge in [0.25, 0.3) is 0 Å². The fourth-order valence-electron chi connectivity index (χ4n) is 1.90. The van der Waals surface area contributed by atoms with E-state index in [1.54, 1.807) is 12.3 Å². The number of aromatic nitrogens is 1. The van der Waals surface area contributed by atoms with Gasteiger partial charge in [-0.2, -0.15) is 5.26 Å². The SMILES string of the molecule is Cc1ccc(CN(C)c2ncc(N)cc2C#N)cc1. The molecule has 0 saturated heterocycles. The third-order valence-corrected chi connectivity index (χ3v) is 2.91. The van der Waals surface area contributed by atoms with Gasteiger partial charge in [0, 0.05) is 13.6 Å². The van der Waals surface area contributed by atoms with Gasteiger partial charge >= 0.3 is 0 Å². The predicted molar refractivity (Wildman–Crippen MR) is 76.7 cm³/mol. The monoisotopic (exact) mass is 252 g/mol. The minimum absolute atomic E-state index is 0.495. The number of aryl methyl sites for hydroxylation is 1. The topological polar surface area (TPSA) is 65.9 Å². The van der Waals surface area contributed by atoms with Crippen LogP contribution in [0.3, 0.4) is 0 Å². The predicted octanol–water partition coefficient (Wildman–Crippen LogP) is 2.48. The summed E-state index contributed by atoms with van der Waals surface area (Å²) in [7, 11) is 1.92. The maximum atomic E-state index is 9.12. The molecular weight excluding hydrogens is 236 g/mol. The van der Waals surface area contributed by atoms with Gasteiger partial charge in [-0.15, -0.1) is 0 Å². The lowest BCUT2D eigenvalue weighted by Gasteiger charge is -2.19. The van der Waals surface area contributed by atoms with E-state index in [0.717, 1.165) is 0 Å². The van der Waals surface area contributed by atoms with E-state index >= 15 is 0 Å². The fourth-order valence-corrected chi connectivity index (χ4v) is 1.90. The van der Waals surface area contributed by atoms with E-state index in [-0.39, 0.29) is 0 Å². The molecule has 0 aliphatic carbocycles. The third-order valence-electron chi connectivity index (χ3n) is 2.91. The Morgan fingerprint density at radius 3 is 2.63 bits per heavy atom. The van der Waals surface area contributed by atoms with Crippen molar-refractivity contribution < 1.29 is 0 Å². The molecule has 0 bridgehead atoms. The number of rotatable bonds is 3. The second-order valence-corrected chi connectivity index (χ2v) is 4.59. The molecule has 0 amide bonds. The van der Waals surface area contributed by atoms with Gasteiger partial charge in [0.2, 0.25) is 0 Å². The summed E-state index contributed by atoms with van der Waals surface area (Å²) in [4.78, 5) is 6.19. The number of nitrogens with zero attached hydrogens (tertiary/aromatic N) is 3. The molecule has 0 atom stereocenters. The number of benzene rings is 1. The molecule has 2 rings (SSSR count). The molecular formula is C15H16N4. The minimum atomic E-state index is 0.495. The zero-order valence-corrected chi connectivity index (χ0v) is 11.1. The van der Waals surface area contributed by atoms with Gasteiger partial charge in [-0.25, -0.2) is 4.98 Å². The van der Waals surface area contributed by atoms with E-state index in [1.165, 1.54) is 11.1 Å². The molecule has 1 heterocycles. The molecule has 0 spiro atoms. The average Bonchev–Trinajstić information content (AvgIpc) is 2.41. The first kappa shape index (κ1) is 12.9. The zero-order valence-electron chi connectivity index (χ0n) is 11.1. The van der Waals surface area contributed by atoms with Gasteiger partial charge in [-0.3, -0.25) is 0 Å². The van der Waals surface area contributed by atoms with E-state index in [2.05, 4.69) is 42.2 Å². The van der Waals surface area contributed by atoms with Crippen LogP contribution in [-0.2, 0) is 6.54 Å². The van der Waals surface area contributed by atoms with Crippen molar-refractivity contribution in [3.8, 4) is 6.07 Å². The van der Waals surface area contributed by atoms with E-state index in [9.17, 15) is 0 Å². The summed E-state index contributed by atoms with van der Waals surface area (Å²) in [5.41, 5.74) is 9.05. The molecule has 0 unspecified atom stereocenters. The Morgan fingerprint density at radius 1 is 1.32 bits per heavy atom. The highest BCUT2D eigenvalue weighted by Gasteiger charge is 2.09. The van der Waals surface area contributed by atoms with E-state index in [0.29, 0.717) is 23.6 Å². The van der Waals surface area contributed by atoms with Crippen LogP contribution in [-0.4, -0.2) is 12.0 Å². The highest BCUT2D eigenvalue weighted by Crippen LogP contribution is 2.19. The normalized spacial score (nSPS) is 9.95. The Bertz CT molecular complexity index is 611. The number of nitrogen functional groups attached to an aromatic ring is 1. The molecule has 1 aromatic carbocycles. The van der Waals surface area contributed by atoms with Crippen LogP contribution < -0.4 is 10.6 Å². The number of anilines is 2. The number of nitriles is 1. The van der Waals surface area contributed by atoms with Crippen molar-refractivity contribution in [3.05, 3.63) is 53.2 Å². The first-order chi connectivity index (χ1) is 9.10. The summed E-state index contributed by atoms with van der Waals surface area (Å²) in [6.07, 6.45) is 1.57. The number of nitrogens with two attached hydrogens (primary N) is 1. The second-order valence-electron chi connectivity index (χ2n) is 4.59. The lowest BCUT2D eigenvalue weighted by atomic mass is 10.1. The molecule has 0 fully saturated rings. The van der Waals surface area contributed by atoms with Crippen LogP contribution in [0.25, 0.3) is 0 Å². The minimum Gasteiger partial charge on any atom is -0.397 e. The number of hydrogen-bond acceptors (Lipinski definition) is 4. The van der Waals surface area contributed by atoms with Crippen molar-refractivity contribution in [1.82, 2.24) is 4.98 Å². The van der Waals surface area contributed by atoms with Crippen LogP contribution >= 0.6 is 0 Å². The zero-order chi connectivity index (χ0) is 13.8. The van der Waals surface area contributed by atoms with Crippen LogP contribution in [0, 0.1) is 18.3 Å². The lowest BCUT2D eigenvalue weighted by molar-refractivity contribution is 0.895. The van der Waals surface area contributed by atoms with Crippen LogP contribution in [0.2, 0.25) is 0 Å². The molecule has 19 heavy (non-hydrogen) atoms. The molecule has 0 aliphatic rings. The van der Waals surface area contributed by atoms with Gasteiger partial charge < -0.3 is 10.6 Å². The Labute approximate surface area is 113 Å². The van der Waals surface area contributed by atoms with Crippen molar-refractivity contribution in [2.45, 2.75) is 13.5 Å². The first-order valence-electron chi connectivity index (χ1n) is 6.02. The highest BCUT2D eigenvalue weighted by molar-refractivity contribution is 5.58. The Morgan fingerprint density at radius 2 is 2.00 bits per heavy atom. The smallest absolute Gasteiger partial charge is 0.146 e. The molecule has 2 N–H and O–H groups in total. The van der Waals surface area contributed by atoms with Crippen molar-refractivity contribution in [1.29, 1.82) is 5.26 Å². The Hall–Kier alpha value is -2.54. The quantitative estimate of drug-likeness (QED) is 0.911. The summed E-state index contributed by atoms with van der Waals surface area (Å²) in [6.45, 7) is 2.76. The lowest BCUT2D eigenvalue weighted by Crippen LogP contribution is -2.19. The Kier molecular flexibility index (Phi) is 3.67. The van der Waals surface area contributed by atoms with E-state index < -0.39 is 0 Å². The van der Waals surface area contributed by atoms with Crippen molar-refractivity contribution in [3.63, 3.8) is 0 Å². The maximum absolute atomic E-state index is 9.12. The number of hydrogen-bond donors (Lipinski definition) is 1. The number of pyridine rings is 1. The molecule has 0 saturated carbocycles. The van der Waals surface area contributed by atoms with Crippen LogP contribution in [0.1, 0.15) is 16.7 Å². The maximum Gasteiger partial charge on any atom is 0.146 e. The molecule has 4 heteroatoms. The molecule has 0 radical (unpaired) electrons. The first-order valence-corrected chi connectivity index (χ1v) is 6.02. The van der Waals surface area contributed by atoms with Crippen LogP contribution in [0.4, 0.5) is 11.5 Å².